The fraction of sp³-hybridized carbons (Fsp3) is 0. The van der Waals surface area contributed by atoms with Gasteiger partial charge in [-0.2, -0.15) is 4.68 Å². The molecule has 3 rings (SSSR count). The first-order valence-electron chi connectivity index (χ1n) is 6.16. The van der Waals surface area contributed by atoms with Crippen LogP contribution in [-0.2, 0) is 0 Å². The van der Waals surface area contributed by atoms with Gasteiger partial charge in [0.05, 0.1) is 10.6 Å². The average Bonchev–Trinajstić information content (AvgIpc) is 3.06. The Morgan fingerprint density at radius 1 is 1.09 bits per heavy atom. The zero-order chi connectivity index (χ0) is 16.7. The molecule has 0 unspecified atom stereocenters. The molecule has 0 fully saturated rings. The molecule has 0 atom stereocenters. The Labute approximate surface area is 134 Å². The summed E-state index contributed by atoms with van der Waals surface area (Å²) in [4.78, 5) is 10.2. The van der Waals surface area contributed by atoms with Crippen molar-refractivity contribution in [2.75, 3.05) is 0 Å². The highest BCUT2D eigenvalue weighted by atomic mass is 35.6. The van der Waals surface area contributed by atoms with Gasteiger partial charge < -0.3 is 4.66 Å². The van der Waals surface area contributed by atoms with Crippen molar-refractivity contribution >= 4 is 5.69 Å². The van der Waals surface area contributed by atoms with E-state index in [0.29, 0.717) is 11.4 Å². The maximum Gasteiger partial charge on any atom is 0.327 e. The number of halogens is 1. The number of nitro groups is 1. The van der Waals surface area contributed by atoms with Crippen molar-refractivity contribution in [1.82, 2.24) is 20.2 Å². The molecule has 1 aromatic heterocycles. The van der Waals surface area contributed by atoms with E-state index >= 15 is 0 Å². The lowest BCUT2D eigenvalue weighted by molar-refractivity contribution is -1.27. The molecule has 0 saturated carbocycles. The minimum atomic E-state index is -0.441. The summed E-state index contributed by atoms with van der Waals surface area (Å²) in [6.45, 7) is 0. The van der Waals surface area contributed by atoms with E-state index in [4.69, 9.17) is 9.32 Å². The number of non-ortho nitro benzene ring substituents is 1. The van der Waals surface area contributed by atoms with Crippen LogP contribution in [0.5, 0.6) is 0 Å². The van der Waals surface area contributed by atoms with Crippen molar-refractivity contribution in [2.24, 2.45) is 0 Å². The highest BCUT2D eigenvalue weighted by Gasteiger charge is 2.12. The summed E-state index contributed by atoms with van der Waals surface area (Å²) in [5, 5.41) is 22.2. The maximum absolute atomic E-state index is 10.6. The summed E-state index contributed by atoms with van der Waals surface area (Å²) in [6, 6.07) is 15.5. The summed E-state index contributed by atoms with van der Waals surface area (Å²) >= 11 is -0.167. The summed E-state index contributed by atoms with van der Waals surface area (Å²) in [7, 11) is 0. The molecule has 0 bridgehead atoms. The first-order valence-corrected chi connectivity index (χ1v) is 6.81. The molecule has 0 radical (unpaired) electrons. The van der Waals surface area contributed by atoms with Gasteiger partial charge in [0.2, 0.25) is 0 Å². The number of benzene rings is 2. The van der Waals surface area contributed by atoms with Crippen LogP contribution in [-0.4, -0.2) is 29.8 Å². The summed E-state index contributed by atoms with van der Waals surface area (Å²) in [5.74, 6) is 0.533. The lowest BCUT2D eigenvalue weighted by Gasteiger charge is -2.03. The van der Waals surface area contributed by atoms with Gasteiger partial charge in [-0.15, -0.1) is 9.76 Å². The number of rotatable bonds is 3. The Kier molecular flexibility index (Phi) is 5.69. The van der Waals surface area contributed by atoms with Crippen LogP contribution in [0.2, 0.25) is 0 Å². The van der Waals surface area contributed by atoms with Crippen molar-refractivity contribution in [1.29, 1.82) is 0 Å². The van der Waals surface area contributed by atoms with Crippen molar-refractivity contribution < 1.29 is 25.6 Å². The number of para-hydroxylation sites is 1. The Balaban J connectivity index is 0.000000595. The molecule has 0 saturated heterocycles. The number of tetrazole rings is 1. The van der Waals surface area contributed by atoms with E-state index in [-0.39, 0.29) is 17.0 Å². The second-order valence-electron chi connectivity index (χ2n) is 4.12. The highest BCUT2D eigenvalue weighted by Crippen LogP contribution is 2.21. The first kappa shape index (κ1) is 16.5. The minimum absolute atomic E-state index is 0.0347. The van der Waals surface area contributed by atoms with E-state index in [0.717, 1.165) is 5.69 Å². The van der Waals surface area contributed by atoms with Gasteiger partial charge in [-0.1, -0.05) is 18.2 Å². The molecule has 1 heterocycles. The molecule has 2 aromatic carbocycles. The van der Waals surface area contributed by atoms with Crippen molar-refractivity contribution in [3.8, 4) is 17.1 Å². The van der Waals surface area contributed by atoms with Gasteiger partial charge >= 0.3 is 11.3 Å². The predicted octanol–water partition coefficient (Wildman–Crippen LogP) is 0.491. The van der Waals surface area contributed by atoms with Crippen molar-refractivity contribution in [3.05, 3.63) is 64.7 Å². The molecule has 0 aliphatic carbocycles. The first-order chi connectivity index (χ1) is 11.2. The molecule has 0 amide bonds. The molecule has 118 valence electrons. The third kappa shape index (κ3) is 4.07. The summed E-state index contributed by atoms with van der Waals surface area (Å²) in [5.41, 5.74) is 1.57. The lowest BCUT2D eigenvalue weighted by Crippen LogP contribution is -1.99. The summed E-state index contributed by atoms with van der Waals surface area (Å²) < 4.78 is 16.8. The quantitative estimate of drug-likeness (QED) is 0.544. The van der Waals surface area contributed by atoms with Crippen LogP contribution in [0.4, 0.5) is 5.69 Å². The molecule has 9 nitrogen and oxygen atoms in total. The molecule has 3 aromatic rings. The molecule has 23 heavy (non-hydrogen) atoms. The topological polar surface area (TPSA) is 130 Å². The second kappa shape index (κ2) is 7.94. The van der Waals surface area contributed by atoms with Crippen LogP contribution >= 0.6 is 0 Å². The van der Waals surface area contributed by atoms with Crippen molar-refractivity contribution in [3.63, 3.8) is 0 Å². The highest BCUT2D eigenvalue weighted by molar-refractivity contribution is 5.59. The van der Waals surface area contributed by atoms with Gasteiger partial charge in [-0.25, -0.2) is 0 Å². The third-order valence-electron chi connectivity index (χ3n) is 2.81. The van der Waals surface area contributed by atoms with Crippen LogP contribution in [0.3, 0.4) is 0 Å². The van der Waals surface area contributed by atoms with Gasteiger partial charge in [0.1, 0.15) is 0 Å². The van der Waals surface area contributed by atoms with Gasteiger partial charge in [0.25, 0.3) is 5.69 Å². The van der Waals surface area contributed by atoms with E-state index in [1.165, 1.54) is 12.1 Å². The number of hydrogen-bond donors (Lipinski definition) is 1. The zero-order valence-corrected chi connectivity index (χ0v) is 12.2. The predicted molar refractivity (Wildman–Crippen MR) is 73.5 cm³/mol. The number of nitrogens with zero attached hydrogens (tertiary/aromatic N) is 5. The molecular formula is C13H10ClN5O4. The van der Waals surface area contributed by atoms with Crippen LogP contribution in [0.25, 0.3) is 17.1 Å². The fourth-order valence-corrected chi connectivity index (χ4v) is 1.84. The van der Waals surface area contributed by atoms with Gasteiger partial charge in [0, 0.05) is 17.7 Å². The number of aromatic nitrogens is 4. The third-order valence-corrected chi connectivity index (χ3v) is 2.81. The SMILES string of the molecule is O=[N+]([O-])c1ccc(-c2nnnn2-c2ccccc2)cc1.[O-][Cl+]O. The monoisotopic (exact) mass is 335 g/mol. The molecule has 0 aliphatic rings. The minimum Gasteiger partial charge on any atom is -0.506 e. The Morgan fingerprint density at radius 2 is 1.70 bits per heavy atom. The van der Waals surface area contributed by atoms with Crippen LogP contribution in [0, 0.1) is 21.4 Å². The second-order valence-corrected chi connectivity index (χ2v) is 4.26. The fourth-order valence-electron chi connectivity index (χ4n) is 1.84. The Bertz CT molecular complexity index is 764. The van der Waals surface area contributed by atoms with E-state index in [1.54, 1.807) is 16.8 Å². The lowest BCUT2D eigenvalue weighted by atomic mass is 10.2. The smallest absolute Gasteiger partial charge is 0.327 e. The Hall–Kier alpha value is -2.88. The van der Waals surface area contributed by atoms with Crippen LogP contribution < -0.4 is 4.66 Å². The maximum atomic E-state index is 10.6. The summed E-state index contributed by atoms with van der Waals surface area (Å²) in [6.07, 6.45) is 0. The largest absolute Gasteiger partial charge is 0.506 e. The molecule has 10 heteroatoms. The molecule has 0 aliphatic heterocycles. The molecule has 1 N–H and O–H groups in total. The van der Waals surface area contributed by atoms with E-state index in [2.05, 4.69) is 15.5 Å². The number of nitro benzene ring substituents is 1. The molecular weight excluding hydrogens is 326 g/mol. The van der Waals surface area contributed by atoms with Gasteiger partial charge in [0.15, 0.2) is 5.82 Å². The van der Waals surface area contributed by atoms with Crippen LogP contribution in [0.1, 0.15) is 0 Å². The standard InChI is InChI=1S/C13H9N5O2.ClHO2/c19-18(20)12-8-6-10(7-9-12)13-14-15-16-17(13)11-4-2-1-3-5-11;2-1-3/h1-9H;2H. The normalized spacial score (nSPS) is 9.83. The number of hydrogen-bond acceptors (Lipinski definition) is 7. The van der Waals surface area contributed by atoms with E-state index < -0.39 is 4.92 Å². The Morgan fingerprint density at radius 3 is 2.26 bits per heavy atom. The van der Waals surface area contributed by atoms with Crippen molar-refractivity contribution in [2.45, 2.75) is 0 Å². The average molecular weight is 336 g/mol. The van der Waals surface area contributed by atoms with Crippen LogP contribution in [0.15, 0.2) is 54.6 Å². The van der Waals surface area contributed by atoms with E-state index in [1.807, 2.05) is 30.3 Å². The molecule has 0 spiro atoms. The van der Waals surface area contributed by atoms with E-state index in [9.17, 15) is 10.1 Å². The zero-order valence-electron chi connectivity index (χ0n) is 11.5. The van der Waals surface area contributed by atoms with Gasteiger partial charge in [-0.3, -0.25) is 10.1 Å². The van der Waals surface area contributed by atoms with Gasteiger partial charge in [-0.05, 0) is 34.7 Å².